The van der Waals surface area contributed by atoms with Gasteiger partial charge in [0.2, 0.25) is 0 Å². The van der Waals surface area contributed by atoms with Crippen LogP contribution in [-0.4, -0.2) is 34.0 Å². The first-order chi connectivity index (χ1) is 11.7. The van der Waals surface area contributed by atoms with Gasteiger partial charge in [-0.3, -0.25) is 9.48 Å². The lowest BCUT2D eigenvalue weighted by molar-refractivity contribution is -0.143. The Labute approximate surface area is 147 Å². The van der Waals surface area contributed by atoms with E-state index in [2.05, 4.69) is 36.4 Å². The Kier molecular flexibility index (Phi) is 5.56. The first-order valence-corrected chi connectivity index (χ1v) is 8.04. The number of nitrogens with zero attached hydrogens (tertiary/aromatic N) is 3. The minimum atomic E-state index is -1.01. The van der Waals surface area contributed by atoms with Crippen molar-refractivity contribution in [1.82, 2.24) is 20.3 Å². The van der Waals surface area contributed by atoms with Crippen molar-refractivity contribution < 1.29 is 14.3 Å². The largest absolute Gasteiger partial charge is 0.467 e. The van der Waals surface area contributed by atoms with Gasteiger partial charge in [0.1, 0.15) is 5.69 Å². The van der Waals surface area contributed by atoms with Crippen molar-refractivity contribution >= 4 is 11.9 Å². The summed E-state index contributed by atoms with van der Waals surface area (Å²) in [5, 5.41) is 10.4. The Morgan fingerprint density at radius 1 is 1.28 bits per heavy atom. The lowest BCUT2D eigenvalue weighted by Gasteiger charge is -2.21. The number of hydrogen-bond acceptors (Lipinski definition) is 5. The number of nitrogens with one attached hydrogen (secondary N) is 1. The van der Waals surface area contributed by atoms with Gasteiger partial charge in [0.25, 0.3) is 5.91 Å². The Bertz CT molecular complexity index is 762. The van der Waals surface area contributed by atoms with Crippen molar-refractivity contribution in [3.8, 4) is 0 Å². The van der Waals surface area contributed by atoms with Crippen LogP contribution in [0.5, 0.6) is 0 Å². The highest BCUT2D eigenvalue weighted by Crippen LogP contribution is 2.23. The van der Waals surface area contributed by atoms with E-state index in [0.29, 0.717) is 11.3 Å². The summed E-state index contributed by atoms with van der Waals surface area (Å²) < 4.78 is 6.26. The standard InChI is InChI=1S/C18H24N4O3/c1-18(2,3)10-12-8-6-7-9-13(12)16(23)19-15(17(24)25-5)14-11-22(4)21-20-14/h6-9,11,15H,10H2,1-5H3,(H,19,23). The average Bonchev–Trinajstić information content (AvgIpc) is 2.96. The molecule has 0 saturated carbocycles. The number of carbonyl (C=O) groups excluding carboxylic acids is 2. The van der Waals surface area contributed by atoms with Crippen LogP contribution >= 0.6 is 0 Å². The summed E-state index contributed by atoms with van der Waals surface area (Å²) in [6.45, 7) is 6.33. The molecule has 0 bridgehead atoms. The first kappa shape index (κ1) is 18.6. The third kappa shape index (κ3) is 4.89. The van der Waals surface area contributed by atoms with Gasteiger partial charge >= 0.3 is 5.97 Å². The van der Waals surface area contributed by atoms with Crippen molar-refractivity contribution in [1.29, 1.82) is 0 Å². The normalized spacial score (nSPS) is 12.5. The predicted molar refractivity (Wildman–Crippen MR) is 92.8 cm³/mol. The molecule has 0 fully saturated rings. The van der Waals surface area contributed by atoms with Gasteiger partial charge in [-0.25, -0.2) is 4.79 Å². The lowest BCUT2D eigenvalue weighted by Crippen LogP contribution is -2.35. The number of ether oxygens (including phenoxy) is 1. The maximum Gasteiger partial charge on any atom is 0.334 e. The Morgan fingerprint density at radius 2 is 1.96 bits per heavy atom. The van der Waals surface area contributed by atoms with Gasteiger partial charge in [-0.15, -0.1) is 5.10 Å². The number of carbonyl (C=O) groups is 2. The number of aromatic nitrogens is 3. The van der Waals surface area contributed by atoms with E-state index in [1.54, 1.807) is 25.4 Å². The summed E-state index contributed by atoms with van der Waals surface area (Å²) in [7, 11) is 2.96. The van der Waals surface area contributed by atoms with Crippen LogP contribution in [0.3, 0.4) is 0 Å². The minimum absolute atomic E-state index is 0.0308. The van der Waals surface area contributed by atoms with Crippen LogP contribution in [-0.2, 0) is 23.0 Å². The molecule has 0 saturated heterocycles. The Morgan fingerprint density at radius 3 is 2.52 bits per heavy atom. The van der Waals surface area contributed by atoms with E-state index >= 15 is 0 Å². The molecule has 25 heavy (non-hydrogen) atoms. The second-order valence-corrected chi connectivity index (χ2v) is 7.14. The maximum atomic E-state index is 12.8. The van der Waals surface area contributed by atoms with Gasteiger partial charge in [-0.05, 0) is 23.5 Å². The molecule has 0 aliphatic rings. The number of hydrogen-bond donors (Lipinski definition) is 1. The number of esters is 1. The zero-order valence-corrected chi connectivity index (χ0v) is 15.2. The zero-order valence-electron chi connectivity index (χ0n) is 15.2. The maximum absolute atomic E-state index is 12.8. The molecule has 1 amide bonds. The fourth-order valence-corrected chi connectivity index (χ4v) is 2.55. The summed E-state index contributed by atoms with van der Waals surface area (Å²) in [4.78, 5) is 24.9. The van der Waals surface area contributed by atoms with Crippen LogP contribution in [0, 0.1) is 5.41 Å². The fourth-order valence-electron chi connectivity index (χ4n) is 2.55. The molecule has 0 aliphatic carbocycles. The van der Waals surface area contributed by atoms with Crippen molar-refractivity contribution in [2.75, 3.05) is 7.11 Å². The van der Waals surface area contributed by atoms with Crippen LogP contribution in [0.4, 0.5) is 0 Å². The van der Waals surface area contributed by atoms with Gasteiger partial charge in [0.05, 0.1) is 13.3 Å². The number of amides is 1. The summed E-state index contributed by atoms with van der Waals surface area (Å²) in [5.74, 6) is -0.942. The molecule has 1 heterocycles. The van der Waals surface area contributed by atoms with E-state index in [4.69, 9.17) is 4.74 Å². The number of rotatable bonds is 5. The Balaban J connectivity index is 2.29. The molecule has 7 heteroatoms. The average molecular weight is 344 g/mol. The molecule has 2 rings (SSSR count). The van der Waals surface area contributed by atoms with Crippen LogP contribution < -0.4 is 5.32 Å². The molecule has 1 aromatic heterocycles. The molecule has 1 atom stereocenters. The van der Waals surface area contributed by atoms with Gasteiger partial charge in [0, 0.05) is 12.6 Å². The topological polar surface area (TPSA) is 86.1 Å². The summed E-state index contributed by atoms with van der Waals surface area (Å²) in [5.41, 5.74) is 1.82. The lowest BCUT2D eigenvalue weighted by atomic mass is 9.86. The van der Waals surface area contributed by atoms with Gasteiger partial charge in [-0.2, -0.15) is 0 Å². The van der Waals surface area contributed by atoms with E-state index in [0.717, 1.165) is 12.0 Å². The van der Waals surface area contributed by atoms with E-state index in [-0.39, 0.29) is 11.3 Å². The molecular weight excluding hydrogens is 320 g/mol. The van der Waals surface area contributed by atoms with E-state index in [9.17, 15) is 9.59 Å². The van der Waals surface area contributed by atoms with Crippen molar-refractivity contribution in [2.45, 2.75) is 33.2 Å². The summed E-state index contributed by atoms with van der Waals surface area (Å²) >= 11 is 0. The fraction of sp³-hybridized carbons (Fsp3) is 0.444. The van der Waals surface area contributed by atoms with Gasteiger partial charge < -0.3 is 10.1 Å². The van der Waals surface area contributed by atoms with Crippen molar-refractivity contribution in [3.05, 3.63) is 47.3 Å². The zero-order chi connectivity index (χ0) is 18.6. The van der Waals surface area contributed by atoms with Crippen LogP contribution in [0.25, 0.3) is 0 Å². The van der Waals surface area contributed by atoms with Crippen molar-refractivity contribution in [2.24, 2.45) is 12.5 Å². The molecule has 0 aliphatic heterocycles. The van der Waals surface area contributed by atoms with Crippen LogP contribution in [0.2, 0.25) is 0 Å². The summed E-state index contributed by atoms with van der Waals surface area (Å²) in [6, 6.07) is 6.38. The highest BCUT2D eigenvalue weighted by atomic mass is 16.5. The molecule has 1 N–H and O–H groups in total. The third-order valence-corrected chi connectivity index (χ3v) is 3.61. The molecule has 1 unspecified atom stereocenters. The number of benzene rings is 1. The molecule has 7 nitrogen and oxygen atoms in total. The van der Waals surface area contributed by atoms with Crippen LogP contribution in [0.1, 0.15) is 48.4 Å². The molecule has 0 spiro atoms. The van der Waals surface area contributed by atoms with E-state index in [1.807, 2.05) is 12.1 Å². The molecule has 2 aromatic rings. The number of aryl methyl sites for hydroxylation is 1. The van der Waals surface area contributed by atoms with Gasteiger partial charge in [-0.1, -0.05) is 44.2 Å². The minimum Gasteiger partial charge on any atom is -0.467 e. The second-order valence-electron chi connectivity index (χ2n) is 7.14. The van der Waals surface area contributed by atoms with Gasteiger partial charge in [0.15, 0.2) is 6.04 Å². The molecular formula is C18H24N4O3. The second kappa shape index (κ2) is 7.46. The van der Waals surface area contributed by atoms with Crippen molar-refractivity contribution in [3.63, 3.8) is 0 Å². The number of methoxy groups -OCH3 is 1. The van der Waals surface area contributed by atoms with Crippen LogP contribution in [0.15, 0.2) is 30.5 Å². The Hall–Kier alpha value is -2.70. The smallest absolute Gasteiger partial charge is 0.334 e. The third-order valence-electron chi connectivity index (χ3n) is 3.61. The molecule has 0 radical (unpaired) electrons. The highest BCUT2D eigenvalue weighted by Gasteiger charge is 2.28. The summed E-state index contributed by atoms with van der Waals surface area (Å²) in [6.07, 6.45) is 2.31. The predicted octanol–water partition coefficient (Wildman–Crippen LogP) is 2.05. The van der Waals surface area contributed by atoms with E-state index in [1.165, 1.54) is 11.8 Å². The molecule has 1 aromatic carbocycles. The first-order valence-electron chi connectivity index (χ1n) is 8.04. The quantitative estimate of drug-likeness (QED) is 0.839. The molecule has 134 valence electrons. The SMILES string of the molecule is COC(=O)C(NC(=O)c1ccccc1CC(C)(C)C)c1cn(C)nn1. The highest BCUT2D eigenvalue weighted by molar-refractivity contribution is 5.98. The van der Waals surface area contributed by atoms with E-state index < -0.39 is 12.0 Å². The monoisotopic (exact) mass is 344 g/mol.